The zero-order valence-electron chi connectivity index (χ0n) is 16.1. The third-order valence-electron chi connectivity index (χ3n) is 4.71. The molecule has 2 fully saturated rings. The fourth-order valence-electron chi connectivity index (χ4n) is 3.31. The highest BCUT2D eigenvalue weighted by atomic mass is 16.8. The summed E-state index contributed by atoms with van der Waals surface area (Å²) in [6.07, 6.45) is -12.4. The van der Waals surface area contributed by atoms with Crippen molar-refractivity contribution in [1.29, 1.82) is 0 Å². The molecule has 1 amide bonds. The maximum absolute atomic E-state index is 11.6. The Kier molecular flexibility index (Phi) is 8.69. The molecule has 0 radical (unpaired) electrons. The van der Waals surface area contributed by atoms with Gasteiger partial charge in [-0.2, -0.15) is 0 Å². The summed E-state index contributed by atoms with van der Waals surface area (Å²) in [5.41, 5.74) is 0. The van der Waals surface area contributed by atoms with E-state index < -0.39 is 74.0 Å². The predicted molar refractivity (Wildman–Crippen MR) is 89.9 cm³/mol. The first-order valence-corrected chi connectivity index (χ1v) is 8.82. The van der Waals surface area contributed by atoms with Crippen LogP contribution in [0.15, 0.2) is 0 Å². The van der Waals surface area contributed by atoms with Crippen molar-refractivity contribution >= 4 is 12.4 Å². The number of carbonyl (C=O) groups is 2. The summed E-state index contributed by atoms with van der Waals surface area (Å²) in [5, 5.41) is 43.1. The molecule has 0 aromatic carbocycles. The number of hydrogen-bond acceptors (Lipinski definition) is 12. The smallest absolute Gasteiger partial charge is 0.295 e. The minimum absolute atomic E-state index is 0.0737. The van der Waals surface area contributed by atoms with Crippen LogP contribution in [-0.4, -0.2) is 115 Å². The fourth-order valence-corrected chi connectivity index (χ4v) is 3.31. The topological polar surface area (TPSA) is 182 Å². The summed E-state index contributed by atoms with van der Waals surface area (Å²) in [5.74, 6) is -0.490. The zero-order valence-corrected chi connectivity index (χ0v) is 16.1. The Morgan fingerprint density at radius 3 is 2.21 bits per heavy atom. The summed E-state index contributed by atoms with van der Waals surface area (Å²) in [6, 6.07) is -1.06. The van der Waals surface area contributed by atoms with Crippen LogP contribution in [-0.2, 0) is 38.0 Å². The van der Waals surface area contributed by atoms with Gasteiger partial charge in [-0.25, -0.2) is 0 Å². The van der Waals surface area contributed by atoms with Gasteiger partial charge in [0.15, 0.2) is 12.6 Å². The molecule has 29 heavy (non-hydrogen) atoms. The first kappa shape index (κ1) is 23.9. The molecule has 0 spiro atoms. The Hall–Kier alpha value is -1.42. The third kappa shape index (κ3) is 5.20. The van der Waals surface area contributed by atoms with Gasteiger partial charge >= 0.3 is 0 Å². The normalized spacial score (nSPS) is 42.9. The van der Waals surface area contributed by atoms with Crippen LogP contribution in [0.1, 0.15) is 6.92 Å². The molecule has 0 aromatic rings. The Balaban J connectivity index is 2.27. The first-order chi connectivity index (χ1) is 13.8. The van der Waals surface area contributed by atoms with Gasteiger partial charge in [0.2, 0.25) is 12.2 Å². The molecule has 0 bridgehead atoms. The average molecular weight is 425 g/mol. The summed E-state index contributed by atoms with van der Waals surface area (Å²) < 4.78 is 31.3. The van der Waals surface area contributed by atoms with Gasteiger partial charge < -0.3 is 54.2 Å². The molecular weight excluding hydrogens is 398 g/mol. The van der Waals surface area contributed by atoms with Crippen molar-refractivity contribution in [2.45, 2.75) is 68.5 Å². The summed E-state index contributed by atoms with van der Waals surface area (Å²) in [4.78, 5) is 22.3. The minimum atomic E-state index is -1.66. The van der Waals surface area contributed by atoms with Crippen LogP contribution in [0.25, 0.3) is 0 Å². The van der Waals surface area contributed by atoms with Gasteiger partial charge in [-0.05, 0) is 0 Å². The van der Waals surface area contributed by atoms with Crippen LogP contribution in [0.2, 0.25) is 0 Å². The van der Waals surface area contributed by atoms with Crippen LogP contribution >= 0.6 is 0 Å². The molecule has 4 unspecified atom stereocenters. The number of hydrogen-bond donors (Lipinski definition) is 5. The lowest BCUT2D eigenvalue weighted by molar-refractivity contribution is -0.368. The maximum Gasteiger partial charge on any atom is 0.295 e. The van der Waals surface area contributed by atoms with E-state index in [1.54, 1.807) is 0 Å². The van der Waals surface area contributed by atoms with E-state index in [-0.39, 0.29) is 6.47 Å². The number of aliphatic hydroxyl groups is 4. The molecular formula is C16H27NO12. The molecule has 2 aliphatic rings. The van der Waals surface area contributed by atoms with E-state index in [1.807, 2.05) is 0 Å². The fraction of sp³-hybridized carbons (Fsp3) is 0.875. The Labute approximate surface area is 166 Å². The maximum atomic E-state index is 11.6. The van der Waals surface area contributed by atoms with Crippen LogP contribution in [0, 0.1) is 0 Å². The monoisotopic (exact) mass is 425 g/mol. The van der Waals surface area contributed by atoms with Crippen molar-refractivity contribution in [3.63, 3.8) is 0 Å². The molecule has 168 valence electrons. The standard InChI is InChI=1S/C16H27NO12/c1-6(20)17-8-12(9(21)7(4-18)27-14(8)25-3)28-15-11(23)10(22)13(24-2)16(29-15)26-5-19/h5,7-16,18,21-23H,4H2,1-3H3,(H,17,20)/t7?,8-,9+,10?,11-,12?,13-,14+,15+,16?/m0/s1. The van der Waals surface area contributed by atoms with Crippen LogP contribution in [0.4, 0.5) is 0 Å². The molecule has 13 nitrogen and oxygen atoms in total. The highest BCUT2D eigenvalue weighted by Gasteiger charge is 2.52. The van der Waals surface area contributed by atoms with Crippen LogP contribution in [0.3, 0.4) is 0 Å². The Morgan fingerprint density at radius 2 is 1.69 bits per heavy atom. The van der Waals surface area contributed by atoms with Crippen molar-refractivity contribution in [2.75, 3.05) is 20.8 Å². The second kappa shape index (κ2) is 10.6. The lowest BCUT2D eigenvalue weighted by atomic mass is 9.96. The van der Waals surface area contributed by atoms with Gasteiger partial charge in [-0.15, -0.1) is 0 Å². The Morgan fingerprint density at radius 1 is 1.00 bits per heavy atom. The number of nitrogens with one attached hydrogen (secondary N) is 1. The lowest BCUT2D eigenvalue weighted by Gasteiger charge is -2.47. The van der Waals surface area contributed by atoms with Crippen LogP contribution < -0.4 is 5.32 Å². The number of amides is 1. The quantitative estimate of drug-likeness (QED) is 0.239. The molecule has 10 atom stereocenters. The molecule has 0 saturated carbocycles. The summed E-state index contributed by atoms with van der Waals surface area (Å²) in [7, 11) is 2.51. The summed E-state index contributed by atoms with van der Waals surface area (Å²) in [6.45, 7) is 0.707. The summed E-state index contributed by atoms with van der Waals surface area (Å²) >= 11 is 0. The Bertz CT molecular complexity index is 550. The largest absolute Gasteiger partial charge is 0.435 e. The van der Waals surface area contributed by atoms with Crippen molar-refractivity contribution in [3.8, 4) is 0 Å². The van der Waals surface area contributed by atoms with Crippen molar-refractivity contribution < 1.29 is 58.4 Å². The van der Waals surface area contributed by atoms with Gasteiger partial charge in [0.25, 0.3) is 6.47 Å². The third-order valence-corrected chi connectivity index (χ3v) is 4.71. The second-order valence-electron chi connectivity index (χ2n) is 6.57. The lowest BCUT2D eigenvalue weighted by Crippen LogP contribution is -2.68. The van der Waals surface area contributed by atoms with Gasteiger partial charge in [0.05, 0.1) is 6.61 Å². The zero-order chi connectivity index (χ0) is 21.7. The van der Waals surface area contributed by atoms with E-state index in [0.717, 1.165) is 0 Å². The van der Waals surface area contributed by atoms with E-state index in [4.69, 9.17) is 28.4 Å². The van der Waals surface area contributed by atoms with Gasteiger partial charge in [0, 0.05) is 21.1 Å². The van der Waals surface area contributed by atoms with E-state index in [1.165, 1.54) is 21.1 Å². The molecule has 2 saturated heterocycles. The van der Waals surface area contributed by atoms with E-state index in [2.05, 4.69) is 5.32 Å². The SMILES string of the molecule is CO[C@@H]1C(OC=O)O[C@@H](OC2[C@H](O)C(CO)O[C@@H](OC)[C@H]2NC(C)=O)[C@@H](O)C1O. The van der Waals surface area contributed by atoms with Gasteiger partial charge in [-0.3, -0.25) is 9.59 Å². The van der Waals surface area contributed by atoms with E-state index in [0.29, 0.717) is 0 Å². The molecule has 13 heteroatoms. The van der Waals surface area contributed by atoms with E-state index in [9.17, 15) is 30.0 Å². The van der Waals surface area contributed by atoms with Crippen LogP contribution in [0.5, 0.6) is 0 Å². The number of aliphatic hydroxyl groups excluding tert-OH is 4. The molecule has 0 aliphatic carbocycles. The van der Waals surface area contributed by atoms with Gasteiger partial charge in [0.1, 0.15) is 42.7 Å². The molecule has 0 aromatic heterocycles. The molecule has 2 aliphatic heterocycles. The average Bonchev–Trinajstić information content (AvgIpc) is 2.68. The van der Waals surface area contributed by atoms with Crippen molar-refractivity contribution in [2.24, 2.45) is 0 Å². The number of carbonyl (C=O) groups excluding carboxylic acids is 2. The van der Waals surface area contributed by atoms with E-state index >= 15 is 0 Å². The number of ether oxygens (including phenoxy) is 6. The highest BCUT2D eigenvalue weighted by molar-refractivity contribution is 5.73. The second-order valence-corrected chi connectivity index (χ2v) is 6.57. The highest BCUT2D eigenvalue weighted by Crippen LogP contribution is 2.30. The van der Waals surface area contributed by atoms with Gasteiger partial charge in [-0.1, -0.05) is 0 Å². The first-order valence-electron chi connectivity index (χ1n) is 8.82. The van der Waals surface area contributed by atoms with Crippen molar-refractivity contribution in [3.05, 3.63) is 0 Å². The van der Waals surface area contributed by atoms with Crippen molar-refractivity contribution in [1.82, 2.24) is 5.32 Å². The molecule has 2 heterocycles. The number of methoxy groups -OCH3 is 2. The molecule has 5 N–H and O–H groups in total. The minimum Gasteiger partial charge on any atom is -0.435 e. The predicted octanol–water partition coefficient (Wildman–Crippen LogP) is -3.81. The molecule has 2 rings (SSSR count). The number of rotatable bonds is 8.